The standard InChI is InChI=1S/C17H29N3O.C17H26N2.C16H24F2N2.C15H24N2O2S.2C15H24N2O.6CH4/c1-13(2)14-5-6-17(15(9-14)10-18-3)20-8-7-19-16(11-20)12-21-4;1-13(2)15-5-6-17(14-7-9-18-10-8-14)16(11-15)12-19(3)4;1-12(2)13-4-5-15(14(10-13)11-19-3)20-8-6-16(17,18)7-9-20;1-12(2)13-4-5-15(14(10-13)11-16-3)17-6-8-20(18,19)9-7-17;1-12(2)13-4-6-15(7-5-13)17-9-8-16-14(10-17)11-18-3;1-12(2)13-4-5-15(14(10-13)11-16-3)17-6-8-18-9-7-17;;;;;;/h5-6,9,13,16,18-19H,7-8,10-12H2,1-4H3;5-7,11,13,18H,8-10,12H2,1-4H3;4-5,10,12,19H,6-9,11H2,1-3H3;4-5,10,12,16H,6-9,11H2,1-3H3;4-7,12,14,16H,8-11H2,1-3H3;4-5,10,12,16H,6-9,11H2,1-3H3;6*1H4. The fourth-order valence-electron chi connectivity index (χ4n) is 15.7. The fourth-order valence-corrected chi connectivity index (χ4v) is 16.9. The van der Waals surface area contributed by atoms with E-state index in [9.17, 15) is 17.2 Å². The number of benzene rings is 6. The number of halogens is 2. The van der Waals surface area contributed by atoms with Gasteiger partial charge in [-0.2, -0.15) is 0 Å². The Labute approximate surface area is 744 Å². The number of rotatable bonds is 26. The molecule has 0 saturated carbocycles. The van der Waals surface area contributed by atoms with Gasteiger partial charge in [0.05, 0.1) is 37.9 Å². The number of piperazine rings is 2. The SMILES string of the molecule is C.C.C.C.C.C.CC(C)c1ccc(C2=CCNCC2)c(CN(C)C)c1.CNCc1cc(C(C)C)ccc1N1CCC(F)(F)CC1.CNCc1cc(C(C)C)ccc1N1CCNC(COC)C1.CNCc1cc(C(C)C)ccc1N1CCOCC1.CNCc1cc(C(C)C)ccc1N1CCS(=O)(=O)CC1.COCC1CN(c2ccc(C(C)C)cc2)CCN1. The lowest BCUT2D eigenvalue weighted by atomic mass is 9.91. The third-order valence-corrected chi connectivity index (χ3v) is 24.2. The van der Waals surface area contributed by atoms with Crippen molar-refractivity contribution in [3.05, 3.63) is 188 Å². The third kappa shape index (κ3) is 36.4. The molecule has 122 heavy (non-hydrogen) atoms. The highest BCUT2D eigenvalue weighted by Gasteiger charge is 2.35. The highest BCUT2D eigenvalue weighted by atomic mass is 32.2. The number of nitrogens with zero attached hydrogens (tertiary/aromatic N) is 6. The summed E-state index contributed by atoms with van der Waals surface area (Å²) in [6.07, 6.45) is 3.39. The van der Waals surface area contributed by atoms with Crippen LogP contribution in [0.2, 0.25) is 0 Å². The zero-order valence-corrected chi connectivity index (χ0v) is 75.7. The Morgan fingerprint density at radius 2 is 0.795 bits per heavy atom. The van der Waals surface area contributed by atoms with E-state index in [1.807, 2.05) is 28.2 Å². The predicted octanol–water partition coefficient (Wildman–Crippen LogP) is 19.1. The molecule has 0 aliphatic carbocycles. The Kier molecular flexibility index (Phi) is 53.9. The van der Waals surface area contributed by atoms with Crippen molar-refractivity contribution < 1.29 is 31.4 Å². The Balaban J connectivity index is 0.000000725. The van der Waals surface area contributed by atoms with Crippen molar-refractivity contribution in [3.63, 3.8) is 0 Å². The van der Waals surface area contributed by atoms with E-state index in [1.54, 1.807) is 14.2 Å². The molecule has 18 nitrogen and oxygen atoms in total. The third-order valence-electron chi connectivity index (χ3n) is 22.6. The van der Waals surface area contributed by atoms with E-state index >= 15 is 0 Å². The summed E-state index contributed by atoms with van der Waals surface area (Å²) in [5, 5.41) is 23.3. The summed E-state index contributed by atoms with van der Waals surface area (Å²) < 4.78 is 65.6. The van der Waals surface area contributed by atoms with Gasteiger partial charge in [0, 0.05) is 185 Å². The van der Waals surface area contributed by atoms with Crippen LogP contribution < -0.4 is 61.7 Å². The summed E-state index contributed by atoms with van der Waals surface area (Å²) in [6.45, 7) is 46.7. The van der Waals surface area contributed by atoms with Gasteiger partial charge in [0.2, 0.25) is 0 Å². The number of piperidine rings is 1. The second-order valence-corrected chi connectivity index (χ2v) is 36.5. The number of nitrogens with one attached hydrogen (secondary N) is 7. The number of sulfone groups is 1. The van der Waals surface area contributed by atoms with Crippen molar-refractivity contribution in [2.45, 2.75) is 233 Å². The molecule has 6 heterocycles. The molecule has 0 aromatic heterocycles. The number of hydrogen-bond acceptors (Lipinski definition) is 18. The van der Waals surface area contributed by atoms with E-state index < -0.39 is 15.8 Å². The van der Waals surface area contributed by atoms with Crippen molar-refractivity contribution in [2.24, 2.45) is 0 Å². The first-order chi connectivity index (χ1) is 55.5. The topological polar surface area (TPSA) is 165 Å². The van der Waals surface area contributed by atoms with Crippen LogP contribution in [0.3, 0.4) is 0 Å². The molecule has 2 unspecified atom stereocenters. The summed E-state index contributed by atoms with van der Waals surface area (Å²) in [5.74, 6) is 1.36. The summed E-state index contributed by atoms with van der Waals surface area (Å²) in [6, 6.07) is 43.5. The molecule has 7 N–H and O–H groups in total. The minimum absolute atomic E-state index is 0. The van der Waals surface area contributed by atoms with Crippen LogP contribution >= 0.6 is 0 Å². The van der Waals surface area contributed by atoms with Crippen LogP contribution in [0.5, 0.6) is 0 Å². The maximum absolute atomic E-state index is 13.3. The Morgan fingerprint density at radius 3 is 1.16 bits per heavy atom. The zero-order chi connectivity index (χ0) is 84.5. The summed E-state index contributed by atoms with van der Waals surface area (Å²) >= 11 is 0. The molecule has 12 rings (SSSR count). The van der Waals surface area contributed by atoms with Crippen molar-refractivity contribution in [3.8, 4) is 0 Å². The Morgan fingerprint density at radius 1 is 0.451 bits per heavy atom. The van der Waals surface area contributed by atoms with Crippen LogP contribution in [0.15, 0.2) is 121 Å². The second-order valence-electron chi connectivity index (χ2n) is 34.2. The van der Waals surface area contributed by atoms with Crippen LogP contribution in [0.1, 0.15) is 249 Å². The van der Waals surface area contributed by atoms with Crippen molar-refractivity contribution in [1.29, 1.82) is 0 Å². The first-order valence-electron chi connectivity index (χ1n) is 43.2. The predicted molar refractivity (Wildman–Crippen MR) is 530 cm³/mol. The molecule has 0 bridgehead atoms. The minimum atomic E-state index is -2.83. The van der Waals surface area contributed by atoms with Gasteiger partial charge in [-0.15, -0.1) is 0 Å². The van der Waals surface area contributed by atoms with E-state index in [-0.39, 0.29) is 68.9 Å². The van der Waals surface area contributed by atoms with E-state index in [1.165, 1.54) is 95.1 Å². The van der Waals surface area contributed by atoms with Crippen LogP contribution in [0, 0.1) is 0 Å². The maximum Gasteiger partial charge on any atom is 0.251 e. The van der Waals surface area contributed by atoms with Gasteiger partial charge in [0.1, 0.15) is 0 Å². The van der Waals surface area contributed by atoms with E-state index in [4.69, 9.17) is 14.2 Å². The lowest BCUT2D eigenvalue weighted by Crippen LogP contribution is -2.52. The van der Waals surface area contributed by atoms with Gasteiger partial charge in [0.15, 0.2) is 9.84 Å². The fraction of sp³-hybridized carbons (Fsp3) is 0.624. The molecule has 6 aromatic rings. The smallest absolute Gasteiger partial charge is 0.251 e. The van der Waals surface area contributed by atoms with Gasteiger partial charge in [-0.05, 0) is 199 Å². The van der Waals surface area contributed by atoms with Gasteiger partial charge < -0.3 is 80.8 Å². The van der Waals surface area contributed by atoms with E-state index in [0.29, 0.717) is 73.8 Å². The van der Waals surface area contributed by atoms with E-state index in [0.717, 1.165) is 137 Å². The summed E-state index contributed by atoms with van der Waals surface area (Å²) in [5.41, 5.74) is 24.2. The van der Waals surface area contributed by atoms with Gasteiger partial charge in [-0.25, -0.2) is 17.2 Å². The summed E-state index contributed by atoms with van der Waals surface area (Å²) in [7, 11) is 12.9. The average Bonchev–Trinajstić information content (AvgIpc) is 0.851. The molecule has 5 saturated heterocycles. The molecule has 0 spiro atoms. The van der Waals surface area contributed by atoms with Gasteiger partial charge in [-0.1, -0.05) is 213 Å². The highest BCUT2D eigenvalue weighted by molar-refractivity contribution is 7.91. The molecule has 6 aliphatic rings. The molecule has 694 valence electrons. The highest BCUT2D eigenvalue weighted by Crippen LogP contribution is 2.36. The van der Waals surface area contributed by atoms with E-state index in [2.05, 4.69) is 285 Å². The first-order valence-corrected chi connectivity index (χ1v) is 45.1. The number of ether oxygens (including phenoxy) is 3. The van der Waals surface area contributed by atoms with Crippen molar-refractivity contribution in [2.75, 3.05) is 211 Å². The Hall–Kier alpha value is -6.57. The summed E-state index contributed by atoms with van der Waals surface area (Å²) in [4.78, 5) is 13.9. The van der Waals surface area contributed by atoms with Crippen LogP contribution in [0.25, 0.3) is 5.57 Å². The monoisotopic (exact) mass is 1720 g/mol. The quantitative estimate of drug-likeness (QED) is 0.0274. The van der Waals surface area contributed by atoms with Gasteiger partial charge in [-0.3, -0.25) is 0 Å². The normalized spacial score (nSPS) is 17.3. The molecule has 6 aliphatic heterocycles. The molecule has 5 fully saturated rings. The lowest BCUT2D eigenvalue weighted by Gasteiger charge is -2.36. The molecular formula is C101H175F2N13O5S. The average molecular weight is 1720 g/mol. The zero-order valence-electron chi connectivity index (χ0n) is 74.9. The Bertz CT molecular complexity index is 3970. The number of morpholine rings is 1. The molecule has 21 heteroatoms. The van der Waals surface area contributed by atoms with Gasteiger partial charge >= 0.3 is 0 Å². The lowest BCUT2D eigenvalue weighted by molar-refractivity contribution is -0.0220. The molecule has 0 radical (unpaired) electrons. The molecular weight excluding hydrogens is 1550 g/mol. The molecule has 6 aromatic carbocycles. The maximum atomic E-state index is 13.3. The minimum Gasteiger partial charge on any atom is -0.383 e. The van der Waals surface area contributed by atoms with Crippen molar-refractivity contribution in [1.82, 2.24) is 42.1 Å². The second kappa shape index (κ2) is 57.9. The first kappa shape index (κ1) is 113. The van der Waals surface area contributed by atoms with Crippen molar-refractivity contribution >= 4 is 43.8 Å². The van der Waals surface area contributed by atoms with Crippen LogP contribution in [-0.2, 0) is 56.8 Å². The number of methoxy groups -OCH3 is 2. The van der Waals surface area contributed by atoms with Crippen LogP contribution in [0.4, 0.5) is 37.2 Å². The molecule has 0 amide bonds. The largest absolute Gasteiger partial charge is 0.383 e. The number of hydrogen-bond donors (Lipinski definition) is 7. The van der Waals surface area contributed by atoms with Crippen LogP contribution in [-0.4, -0.2) is 217 Å². The number of alkyl halides is 2. The number of anilines is 5. The van der Waals surface area contributed by atoms with Gasteiger partial charge in [0.25, 0.3) is 5.92 Å². The molecule has 2 atom stereocenters.